The fourth-order valence-corrected chi connectivity index (χ4v) is 3.37. The van der Waals surface area contributed by atoms with Gasteiger partial charge >= 0.3 is 0 Å². The zero-order valence-corrected chi connectivity index (χ0v) is 14.7. The minimum atomic E-state index is -3.98. The van der Waals surface area contributed by atoms with Gasteiger partial charge in [-0.25, -0.2) is 0 Å². The lowest BCUT2D eigenvalue weighted by Gasteiger charge is -2.39. The quantitative estimate of drug-likeness (QED) is 0.319. The van der Waals surface area contributed by atoms with Crippen molar-refractivity contribution in [3.63, 3.8) is 0 Å². The lowest BCUT2D eigenvalue weighted by molar-refractivity contribution is -0.930. The van der Waals surface area contributed by atoms with E-state index in [4.69, 9.17) is 4.55 Å². The van der Waals surface area contributed by atoms with Crippen LogP contribution < -0.4 is 0 Å². The lowest BCUT2D eigenvalue weighted by atomic mass is 10.1. The standard InChI is InChI=1S/C15H29NO5S/c1-4-8-14(17)15(18)13-16(9-5-2,10-6-3)11-7-12-22(19,20)21/h4,8,15,18H,5-7,9-13H2,1-3H3/p+1. The molecule has 2 N–H and O–H groups in total. The third kappa shape index (κ3) is 8.63. The summed E-state index contributed by atoms with van der Waals surface area (Å²) in [5.41, 5.74) is 0. The average Bonchev–Trinajstić information content (AvgIpc) is 2.38. The Morgan fingerprint density at radius 2 is 1.73 bits per heavy atom. The molecule has 0 saturated heterocycles. The molecule has 0 aliphatic rings. The number of quaternary nitrogens is 1. The highest BCUT2D eigenvalue weighted by Crippen LogP contribution is 2.14. The smallest absolute Gasteiger partial charge is 0.265 e. The summed E-state index contributed by atoms with van der Waals surface area (Å²) in [5.74, 6) is -0.619. The van der Waals surface area contributed by atoms with Crippen LogP contribution in [0.5, 0.6) is 0 Å². The minimum absolute atomic E-state index is 0.274. The second-order valence-electron chi connectivity index (χ2n) is 5.75. The van der Waals surface area contributed by atoms with Gasteiger partial charge in [-0.05, 0) is 25.8 Å². The van der Waals surface area contributed by atoms with Crippen molar-refractivity contribution in [1.29, 1.82) is 0 Å². The Labute approximate surface area is 134 Å². The molecule has 0 saturated carbocycles. The van der Waals surface area contributed by atoms with E-state index >= 15 is 0 Å². The molecule has 7 heteroatoms. The van der Waals surface area contributed by atoms with Gasteiger partial charge < -0.3 is 9.59 Å². The van der Waals surface area contributed by atoms with E-state index in [1.54, 1.807) is 13.0 Å². The molecule has 22 heavy (non-hydrogen) atoms. The summed E-state index contributed by atoms with van der Waals surface area (Å²) >= 11 is 0. The number of ketones is 1. The molecule has 0 amide bonds. The molecule has 0 rings (SSSR count). The third-order valence-corrected chi connectivity index (χ3v) is 4.45. The molecule has 0 radical (unpaired) electrons. The number of nitrogens with zero attached hydrogens (tertiary/aromatic N) is 1. The Kier molecular flexibility index (Phi) is 9.75. The average molecular weight is 336 g/mol. The molecule has 130 valence electrons. The zero-order chi connectivity index (χ0) is 17.2. The first-order chi connectivity index (χ1) is 10.2. The number of carbonyl (C=O) groups is 1. The molecule has 0 aromatic carbocycles. The van der Waals surface area contributed by atoms with Crippen LogP contribution in [0, 0.1) is 0 Å². The van der Waals surface area contributed by atoms with Gasteiger partial charge in [0.05, 0.1) is 25.4 Å². The largest absolute Gasteiger partial charge is 0.379 e. The van der Waals surface area contributed by atoms with E-state index in [2.05, 4.69) is 0 Å². The first-order valence-corrected chi connectivity index (χ1v) is 9.45. The maximum atomic E-state index is 11.8. The maximum absolute atomic E-state index is 11.8. The van der Waals surface area contributed by atoms with Crippen LogP contribution in [0.1, 0.15) is 40.0 Å². The topological polar surface area (TPSA) is 91.7 Å². The highest BCUT2D eigenvalue weighted by atomic mass is 32.2. The van der Waals surface area contributed by atoms with Crippen LogP contribution in [0.2, 0.25) is 0 Å². The number of aliphatic hydroxyl groups is 1. The number of allylic oxidation sites excluding steroid dienone is 1. The number of hydrogen-bond donors (Lipinski definition) is 2. The molecule has 0 spiro atoms. The van der Waals surface area contributed by atoms with Crippen LogP contribution in [0.3, 0.4) is 0 Å². The molecule has 1 atom stereocenters. The molecule has 0 aromatic rings. The predicted molar refractivity (Wildman–Crippen MR) is 87.2 cm³/mol. The molecule has 0 bridgehead atoms. The van der Waals surface area contributed by atoms with E-state index in [-0.39, 0.29) is 18.1 Å². The number of hydrogen-bond acceptors (Lipinski definition) is 4. The van der Waals surface area contributed by atoms with Crippen molar-refractivity contribution >= 4 is 15.9 Å². The highest BCUT2D eigenvalue weighted by Gasteiger charge is 2.31. The fraction of sp³-hybridized carbons (Fsp3) is 0.800. The van der Waals surface area contributed by atoms with E-state index in [0.29, 0.717) is 17.4 Å². The van der Waals surface area contributed by atoms with Gasteiger partial charge in [-0.1, -0.05) is 19.9 Å². The van der Waals surface area contributed by atoms with Crippen LogP contribution in [0.25, 0.3) is 0 Å². The maximum Gasteiger partial charge on any atom is 0.265 e. The summed E-state index contributed by atoms with van der Waals surface area (Å²) in [4.78, 5) is 11.8. The summed E-state index contributed by atoms with van der Waals surface area (Å²) in [6, 6.07) is 0. The summed E-state index contributed by atoms with van der Waals surface area (Å²) in [6.45, 7) is 8.07. The van der Waals surface area contributed by atoms with Gasteiger partial charge in [0.15, 0.2) is 11.9 Å². The highest BCUT2D eigenvalue weighted by molar-refractivity contribution is 7.85. The van der Waals surface area contributed by atoms with E-state index in [9.17, 15) is 18.3 Å². The first-order valence-electron chi connectivity index (χ1n) is 7.84. The van der Waals surface area contributed by atoms with E-state index in [1.165, 1.54) is 6.08 Å². The van der Waals surface area contributed by atoms with Crippen molar-refractivity contribution in [2.75, 3.05) is 31.9 Å². The second-order valence-corrected chi connectivity index (χ2v) is 7.32. The Morgan fingerprint density at radius 1 is 1.18 bits per heavy atom. The van der Waals surface area contributed by atoms with Crippen LogP contribution in [-0.4, -0.2) is 66.4 Å². The van der Waals surface area contributed by atoms with Gasteiger partial charge in [0, 0.05) is 6.42 Å². The Hall–Kier alpha value is -0.760. The van der Waals surface area contributed by atoms with E-state index in [0.717, 1.165) is 25.9 Å². The number of aliphatic hydroxyl groups excluding tert-OH is 1. The zero-order valence-electron chi connectivity index (χ0n) is 13.9. The van der Waals surface area contributed by atoms with Gasteiger partial charge in [-0.15, -0.1) is 0 Å². The molecule has 0 aliphatic heterocycles. The van der Waals surface area contributed by atoms with Crippen LogP contribution >= 0.6 is 0 Å². The third-order valence-electron chi connectivity index (χ3n) is 3.65. The van der Waals surface area contributed by atoms with Gasteiger partial charge in [0.2, 0.25) is 0 Å². The van der Waals surface area contributed by atoms with Crippen molar-refractivity contribution in [3.05, 3.63) is 12.2 Å². The van der Waals surface area contributed by atoms with Crippen molar-refractivity contribution in [2.45, 2.75) is 46.1 Å². The number of rotatable bonds is 12. The molecular formula is C15H30NO5S+. The lowest BCUT2D eigenvalue weighted by Crippen LogP contribution is -2.55. The summed E-state index contributed by atoms with van der Waals surface area (Å²) in [7, 11) is -3.98. The fourth-order valence-electron chi connectivity index (χ4n) is 2.87. The van der Waals surface area contributed by atoms with Crippen LogP contribution in [0.4, 0.5) is 0 Å². The molecule has 0 fully saturated rings. The molecule has 0 aromatic heterocycles. The molecule has 0 aliphatic carbocycles. The van der Waals surface area contributed by atoms with Crippen molar-refractivity contribution in [2.24, 2.45) is 0 Å². The normalized spacial score (nSPS) is 14.4. The van der Waals surface area contributed by atoms with E-state index < -0.39 is 16.2 Å². The van der Waals surface area contributed by atoms with E-state index in [1.807, 2.05) is 13.8 Å². The van der Waals surface area contributed by atoms with Crippen molar-refractivity contribution < 1.29 is 27.4 Å². The Balaban J connectivity index is 5.00. The monoisotopic (exact) mass is 336 g/mol. The molecule has 0 heterocycles. The van der Waals surface area contributed by atoms with Crippen LogP contribution in [0.15, 0.2) is 12.2 Å². The Bertz CT molecular complexity index is 453. The second kappa shape index (κ2) is 10.1. The predicted octanol–water partition coefficient (Wildman–Crippen LogP) is 1.41. The van der Waals surface area contributed by atoms with Crippen molar-refractivity contribution in [1.82, 2.24) is 0 Å². The van der Waals surface area contributed by atoms with Crippen LogP contribution in [-0.2, 0) is 14.9 Å². The van der Waals surface area contributed by atoms with Gasteiger partial charge in [0.25, 0.3) is 10.1 Å². The van der Waals surface area contributed by atoms with Gasteiger partial charge in [-0.3, -0.25) is 9.35 Å². The molecule has 1 unspecified atom stereocenters. The summed E-state index contributed by atoms with van der Waals surface area (Å²) in [6.07, 6.45) is 3.92. The van der Waals surface area contributed by atoms with Gasteiger partial charge in [-0.2, -0.15) is 8.42 Å². The molecule has 6 nitrogen and oxygen atoms in total. The summed E-state index contributed by atoms with van der Waals surface area (Å²) in [5, 5.41) is 10.1. The van der Waals surface area contributed by atoms with Crippen molar-refractivity contribution in [3.8, 4) is 0 Å². The Morgan fingerprint density at radius 3 is 2.14 bits per heavy atom. The SMILES string of the molecule is CC=CC(=O)C(O)C[N+](CCC)(CCC)CCCS(=O)(=O)O. The van der Waals surface area contributed by atoms with Gasteiger partial charge in [0.1, 0.15) is 6.54 Å². The number of carbonyl (C=O) groups excluding carboxylic acids is 1. The minimum Gasteiger partial charge on any atom is -0.379 e. The summed E-state index contributed by atoms with van der Waals surface area (Å²) < 4.78 is 31.1. The first kappa shape index (κ1) is 21.2. The molecular weight excluding hydrogens is 306 g/mol.